The molecule has 0 N–H and O–H groups in total. The SMILES string of the molecule is CCCc1ccc(S(=O)(=O)N2CCCC(Oc3ccc(C)nn3)C2)cc1. The molecule has 0 saturated carbocycles. The minimum absolute atomic E-state index is 0.213. The van der Waals surface area contributed by atoms with Crippen LogP contribution in [0.3, 0.4) is 0 Å². The maximum atomic E-state index is 12.9. The van der Waals surface area contributed by atoms with Crippen molar-refractivity contribution in [3.8, 4) is 5.88 Å². The number of sulfonamides is 1. The van der Waals surface area contributed by atoms with E-state index in [0.717, 1.165) is 36.9 Å². The van der Waals surface area contributed by atoms with Crippen molar-refractivity contribution in [3.05, 3.63) is 47.7 Å². The lowest BCUT2D eigenvalue weighted by atomic mass is 10.1. The van der Waals surface area contributed by atoms with Gasteiger partial charge < -0.3 is 4.74 Å². The van der Waals surface area contributed by atoms with E-state index in [-0.39, 0.29) is 6.10 Å². The van der Waals surface area contributed by atoms with Gasteiger partial charge in [-0.25, -0.2) is 8.42 Å². The van der Waals surface area contributed by atoms with Crippen LogP contribution in [0.2, 0.25) is 0 Å². The smallest absolute Gasteiger partial charge is 0.243 e. The van der Waals surface area contributed by atoms with Crippen LogP contribution < -0.4 is 4.74 Å². The molecule has 6 nitrogen and oxygen atoms in total. The molecule has 1 unspecified atom stereocenters. The molecule has 26 heavy (non-hydrogen) atoms. The average Bonchev–Trinajstić information content (AvgIpc) is 2.65. The number of piperidine rings is 1. The molecule has 2 aromatic rings. The molecular weight excluding hydrogens is 350 g/mol. The molecule has 0 aliphatic carbocycles. The number of aryl methyl sites for hydroxylation is 2. The van der Waals surface area contributed by atoms with Crippen molar-refractivity contribution in [2.24, 2.45) is 0 Å². The van der Waals surface area contributed by atoms with E-state index >= 15 is 0 Å². The molecule has 1 aliphatic heterocycles. The highest BCUT2D eigenvalue weighted by Gasteiger charge is 2.31. The molecule has 1 aromatic carbocycles. The van der Waals surface area contributed by atoms with Gasteiger partial charge in [0.05, 0.1) is 17.1 Å². The fourth-order valence-electron chi connectivity index (χ4n) is 3.11. The van der Waals surface area contributed by atoms with E-state index in [0.29, 0.717) is 23.9 Å². The highest BCUT2D eigenvalue weighted by atomic mass is 32.2. The Morgan fingerprint density at radius 1 is 1.15 bits per heavy atom. The number of ether oxygens (including phenoxy) is 1. The summed E-state index contributed by atoms with van der Waals surface area (Å²) >= 11 is 0. The van der Waals surface area contributed by atoms with Gasteiger partial charge in [-0.3, -0.25) is 0 Å². The fourth-order valence-corrected chi connectivity index (χ4v) is 4.62. The predicted molar refractivity (Wildman–Crippen MR) is 99.6 cm³/mol. The number of hydrogen-bond donors (Lipinski definition) is 0. The molecule has 1 fully saturated rings. The highest BCUT2D eigenvalue weighted by molar-refractivity contribution is 7.89. The number of nitrogens with zero attached hydrogens (tertiary/aromatic N) is 3. The van der Waals surface area contributed by atoms with Gasteiger partial charge in [0.2, 0.25) is 15.9 Å². The lowest BCUT2D eigenvalue weighted by Crippen LogP contribution is -2.44. The van der Waals surface area contributed by atoms with Crippen molar-refractivity contribution in [2.45, 2.75) is 50.5 Å². The van der Waals surface area contributed by atoms with Crippen molar-refractivity contribution in [1.82, 2.24) is 14.5 Å². The summed E-state index contributed by atoms with van der Waals surface area (Å²) in [5.74, 6) is 0.434. The van der Waals surface area contributed by atoms with Crippen LogP contribution in [-0.4, -0.2) is 42.1 Å². The molecule has 0 spiro atoms. The topological polar surface area (TPSA) is 72.4 Å². The quantitative estimate of drug-likeness (QED) is 0.776. The van der Waals surface area contributed by atoms with Gasteiger partial charge in [0.1, 0.15) is 6.10 Å². The molecule has 0 radical (unpaired) electrons. The summed E-state index contributed by atoms with van der Waals surface area (Å²) in [4.78, 5) is 0.341. The van der Waals surface area contributed by atoms with Gasteiger partial charge in [-0.1, -0.05) is 25.5 Å². The van der Waals surface area contributed by atoms with Crippen LogP contribution in [0.15, 0.2) is 41.3 Å². The Labute approximate surface area is 155 Å². The molecular formula is C19H25N3O3S. The molecule has 0 bridgehead atoms. The summed E-state index contributed by atoms with van der Waals surface area (Å²) < 4.78 is 33.2. The maximum Gasteiger partial charge on any atom is 0.243 e. The first kappa shape index (κ1) is 18.8. The summed E-state index contributed by atoms with van der Waals surface area (Å²) in [5.41, 5.74) is 1.97. The molecule has 0 amide bonds. The first-order chi connectivity index (χ1) is 12.5. The minimum Gasteiger partial charge on any atom is -0.472 e. The molecule has 2 heterocycles. The third-order valence-corrected chi connectivity index (χ3v) is 6.38. The van der Waals surface area contributed by atoms with E-state index in [1.54, 1.807) is 18.2 Å². The second-order valence-corrected chi connectivity index (χ2v) is 8.59. The van der Waals surface area contributed by atoms with Gasteiger partial charge in [-0.2, -0.15) is 9.40 Å². The Hall–Kier alpha value is -1.99. The third kappa shape index (κ3) is 4.40. The van der Waals surface area contributed by atoms with Crippen molar-refractivity contribution >= 4 is 10.0 Å². The van der Waals surface area contributed by atoms with E-state index in [2.05, 4.69) is 17.1 Å². The zero-order chi connectivity index (χ0) is 18.6. The second kappa shape index (κ2) is 8.14. The normalized spacial score (nSPS) is 18.6. The third-order valence-electron chi connectivity index (χ3n) is 4.50. The summed E-state index contributed by atoms with van der Waals surface area (Å²) in [5, 5.41) is 7.98. The van der Waals surface area contributed by atoms with Crippen molar-refractivity contribution in [2.75, 3.05) is 13.1 Å². The fraction of sp³-hybridized carbons (Fsp3) is 0.474. The summed E-state index contributed by atoms with van der Waals surface area (Å²) in [6.07, 6.45) is 3.35. The largest absolute Gasteiger partial charge is 0.472 e. The molecule has 7 heteroatoms. The molecule has 140 valence electrons. The lowest BCUT2D eigenvalue weighted by Gasteiger charge is -2.31. The zero-order valence-electron chi connectivity index (χ0n) is 15.3. The van der Waals surface area contributed by atoms with Gasteiger partial charge in [-0.05, 0) is 49.9 Å². The Morgan fingerprint density at radius 3 is 2.58 bits per heavy atom. The van der Waals surface area contributed by atoms with Crippen molar-refractivity contribution in [3.63, 3.8) is 0 Å². The molecule has 1 aromatic heterocycles. The monoisotopic (exact) mass is 375 g/mol. The summed E-state index contributed by atoms with van der Waals surface area (Å²) in [6, 6.07) is 10.8. The van der Waals surface area contributed by atoms with E-state index < -0.39 is 10.0 Å². The Kier molecular flexibility index (Phi) is 5.88. The Balaban J connectivity index is 1.70. The van der Waals surface area contributed by atoms with E-state index in [1.165, 1.54) is 4.31 Å². The molecule has 3 rings (SSSR count). The highest BCUT2D eigenvalue weighted by Crippen LogP contribution is 2.23. The van der Waals surface area contributed by atoms with Gasteiger partial charge in [0, 0.05) is 12.6 Å². The number of hydrogen-bond acceptors (Lipinski definition) is 5. The zero-order valence-corrected chi connectivity index (χ0v) is 16.1. The predicted octanol–water partition coefficient (Wildman–Crippen LogP) is 2.97. The first-order valence-electron chi connectivity index (χ1n) is 9.05. The van der Waals surface area contributed by atoms with Crippen molar-refractivity contribution in [1.29, 1.82) is 0 Å². The Morgan fingerprint density at radius 2 is 1.92 bits per heavy atom. The van der Waals surface area contributed by atoms with Gasteiger partial charge >= 0.3 is 0 Å². The van der Waals surface area contributed by atoms with Crippen LogP contribution in [0, 0.1) is 6.92 Å². The van der Waals surface area contributed by atoms with Crippen molar-refractivity contribution < 1.29 is 13.2 Å². The van der Waals surface area contributed by atoms with Crippen LogP contribution in [0.5, 0.6) is 5.88 Å². The minimum atomic E-state index is -3.51. The van der Waals surface area contributed by atoms with Gasteiger partial charge in [-0.15, -0.1) is 5.10 Å². The van der Waals surface area contributed by atoms with Crippen LogP contribution in [0.25, 0.3) is 0 Å². The van der Waals surface area contributed by atoms with Crippen LogP contribution in [-0.2, 0) is 16.4 Å². The van der Waals surface area contributed by atoms with E-state index in [4.69, 9.17) is 4.74 Å². The lowest BCUT2D eigenvalue weighted by molar-refractivity contribution is 0.123. The van der Waals surface area contributed by atoms with E-state index in [1.807, 2.05) is 25.1 Å². The first-order valence-corrected chi connectivity index (χ1v) is 10.5. The van der Waals surface area contributed by atoms with E-state index in [9.17, 15) is 8.42 Å². The van der Waals surface area contributed by atoms with Gasteiger partial charge in [0.25, 0.3) is 0 Å². The molecule has 1 atom stereocenters. The number of aromatic nitrogens is 2. The molecule has 1 saturated heterocycles. The van der Waals surface area contributed by atoms with Crippen LogP contribution in [0.4, 0.5) is 0 Å². The number of rotatable bonds is 6. The second-order valence-electron chi connectivity index (χ2n) is 6.65. The maximum absolute atomic E-state index is 12.9. The number of benzene rings is 1. The van der Waals surface area contributed by atoms with Gasteiger partial charge in [0.15, 0.2) is 0 Å². The van der Waals surface area contributed by atoms with Crippen LogP contribution in [0.1, 0.15) is 37.4 Å². The Bertz CT molecular complexity index is 820. The van der Waals surface area contributed by atoms with Crippen LogP contribution >= 0.6 is 0 Å². The average molecular weight is 375 g/mol. The molecule has 1 aliphatic rings. The summed E-state index contributed by atoms with van der Waals surface area (Å²) in [7, 11) is -3.51. The summed E-state index contributed by atoms with van der Waals surface area (Å²) in [6.45, 7) is 4.81. The standard InChI is InChI=1S/C19H25N3O3S/c1-3-5-16-8-10-18(11-9-16)26(23,24)22-13-4-6-17(14-22)25-19-12-7-15(2)20-21-19/h7-12,17H,3-6,13-14H2,1-2H3.